The van der Waals surface area contributed by atoms with Gasteiger partial charge in [0.15, 0.2) is 0 Å². The molecular formula is C13H24N2O4. The molecule has 19 heavy (non-hydrogen) atoms. The van der Waals surface area contributed by atoms with Crippen molar-refractivity contribution < 1.29 is 19.4 Å². The molecule has 2 unspecified atom stereocenters. The molecule has 1 saturated heterocycles. The molecule has 1 heterocycles. The fourth-order valence-corrected chi connectivity index (χ4v) is 2.17. The van der Waals surface area contributed by atoms with Gasteiger partial charge in [-0.3, -0.25) is 4.79 Å². The number of rotatable bonds is 4. The van der Waals surface area contributed by atoms with E-state index in [0.29, 0.717) is 19.7 Å². The van der Waals surface area contributed by atoms with E-state index in [1.807, 2.05) is 27.7 Å². The Morgan fingerprint density at radius 2 is 2.05 bits per heavy atom. The monoisotopic (exact) mass is 272 g/mol. The van der Waals surface area contributed by atoms with Gasteiger partial charge in [0.1, 0.15) is 6.54 Å². The Balaban J connectivity index is 2.75. The summed E-state index contributed by atoms with van der Waals surface area (Å²) >= 11 is 0. The highest BCUT2D eigenvalue weighted by atomic mass is 16.5. The van der Waals surface area contributed by atoms with Gasteiger partial charge < -0.3 is 19.6 Å². The summed E-state index contributed by atoms with van der Waals surface area (Å²) in [6.07, 6.45) is -0.00845. The molecule has 1 fully saturated rings. The number of nitrogens with zero attached hydrogens (tertiary/aromatic N) is 2. The molecular weight excluding hydrogens is 248 g/mol. The maximum Gasteiger partial charge on any atom is 0.323 e. The summed E-state index contributed by atoms with van der Waals surface area (Å²) in [6, 6.07) is -0.231. The van der Waals surface area contributed by atoms with Gasteiger partial charge in [-0.1, -0.05) is 13.8 Å². The standard InChI is InChI=1S/C13H24N2O4/c1-9(2)5-14(7-12(16)17)13(18)15-6-11(4)19-8-10(15)3/h9-11H,5-8H2,1-4H3,(H,16,17). The molecule has 0 bridgehead atoms. The number of urea groups is 1. The lowest BCUT2D eigenvalue weighted by molar-refractivity contribution is -0.138. The molecule has 6 heteroatoms. The second kappa shape index (κ2) is 6.75. The minimum atomic E-state index is -0.983. The van der Waals surface area contributed by atoms with Gasteiger partial charge in [0.05, 0.1) is 18.8 Å². The fourth-order valence-electron chi connectivity index (χ4n) is 2.17. The molecule has 0 saturated carbocycles. The van der Waals surface area contributed by atoms with Gasteiger partial charge in [-0.2, -0.15) is 0 Å². The first-order valence-corrected chi connectivity index (χ1v) is 6.70. The zero-order valence-corrected chi connectivity index (χ0v) is 12.1. The predicted octanol–water partition coefficient (Wildman–Crippen LogP) is 1.26. The second-order valence-electron chi connectivity index (χ2n) is 5.60. The maximum atomic E-state index is 12.5. The molecule has 110 valence electrons. The SMILES string of the molecule is CC(C)CN(CC(=O)O)C(=O)N1CC(C)OCC1C. The Morgan fingerprint density at radius 3 is 2.58 bits per heavy atom. The van der Waals surface area contributed by atoms with E-state index in [1.54, 1.807) is 4.90 Å². The lowest BCUT2D eigenvalue weighted by Crippen LogP contribution is -2.56. The van der Waals surface area contributed by atoms with Crippen molar-refractivity contribution in [3.05, 3.63) is 0 Å². The number of hydrogen-bond donors (Lipinski definition) is 1. The summed E-state index contributed by atoms with van der Waals surface area (Å²) in [5.74, 6) is -0.750. The van der Waals surface area contributed by atoms with E-state index < -0.39 is 5.97 Å². The average molecular weight is 272 g/mol. The Morgan fingerprint density at radius 1 is 1.42 bits per heavy atom. The molecule has 1 rings (SSSR count). The number of amides is 2. The molecule has 0 radical (unpaired) electrons. The molecule has 1 aliphatic rings. The van der Waals surface area contributed by atoms with Gasteiger partial charge in [0.25, 0.3) is 0 Å². The maximum absolute atomic E-state index is 12.5. The molecule has 0 aromatic carbocycles. The van der Waals surface area contributed by atoms with Gasteiger partial charge >= 0.3 is 12.0 Å². The molecule has 6 nitrogen and oxygen atoms in total. The van der Waals surface area contributed by atoms with Gasteiger partial charge in [0.2, 0.25) is 0 Å². The molecule has 0 aliphatic carbocycles. The highest BCUT2D eigenvalue weighted by Gasteiger charge is 2.31. The van der Waals surface area contributed by atoms with E-state index in [9.17, 15) is 9.59 Å². The summed E-state index contributed by atoms with van der Waals surface area (Å²) in [5.41, 5.74) is 0. The smallest absolute Gasteiger partial charge is 0.323 e. The van der Waals surface area contributed by atoms with Gasteiger partial charge in [-0.05, 0) is 19.8 Å². The van der Waals surface area contributed by atoms with Crippen LogP contribution in [0.5, 0.6) is 0 Å². The zero-order valence-electron chi connectivity index (χ0n) is 12.1. The third-order valence-corrected chi connectivity index (χ3v) is 3.04. The van der Waals surface area contributed by atoms with Crippen molar-refractivity contribution >= 4 is 12.0 Å². The minimum absolute atomic E-state index is 0.00845. The van der Waals surface area contributed by atoms with Gasteiger partial charge in [-0.15, -0.1) is 0 Å². The van der Waals surface area contributed by atoms with E-state index in [2.05, 4.69) is 0 Å². The van der Waals surface area contributed by atoms with E-state index in [1.165, 1.54) is 4.90 Å². The number of carboxylic acid groups (broad SMARTS) is 1. The van der Waals surface area contributed by atoms with Crippen molar-refractivity contribution in [3.63, 3.8) is 0 Å². The van der Waals surface area contributed by atoms with Crippen LogP contribution in [-0.2, 0) is 9.53 Å². The van der Waals surface area contributed by atoms with Crippen LogP contribution >= 0.6 is 0 Å². The lowest BCUT2D eigenvalue weighted by Gasteiger charge is -2.39. The highest BCUT2D eigenvalue weighted by molar-refractivity contribution is 5.80. The van der Waals surface area contributed by atoms with Crippen LogP contribution in [0.15, 0.2) is 0 Å². The molecule has 2 atom stereocenters. The van der Waals surface area contributed by atoms with E-state index >= 15 is 0 Å². The molecule has 0 spiro atoms. The predicted molar refractivity (Wildman–Crippen MR) is 71.0 cm³/mol. The number of carbonyl (C=O) groups is 2. The number of hydrogen-bond acceptors (Lipinski definition) is 3. The Bertz CT molecular complexity index is 333. The normalized spacial score (nSPS) is 23.5. The third kappa shape index (κ3) is 4.70. The topological polar surface area (TPSA) is 70.1 Å². The number of morpholine rings is 1. The molecule has 1 aliphatic heterocycles. The van der Waals surface area contributed by atoms with Crippen LogP contribution in [0.2, 0.25) is 0 Å². The number of ether oxygens (including phenoxy) is 1. The van der Waals surface area contributed by atoms with Crippen molar-refractivity contribution in [1.29, 1.82) is 0 Å². The largest absolute Gasteiger partial charge is 0.480 e. The first-order valence-electron chi connectivity index (χ1n) is 6.70. The summed E-state index contributed by atoms with van der Waals surface area (Å²) < 4.78 is 5.48. The minimum Gasteiger partial charge on any atom is -0.480 e. The first kappa shape index (κ1) is 15.8. The van der Waals surface area contributed by atoms with Crippen LogP contribution in [0.25, 0.3) is 0 Å². The zero-order chi connectivity index (χ0) is 14.6. The van der Waals surface area contributed by atoms with E-state index in [0.717, 1.165) is 0 Å². The summed E-state index contributed by atoms with van der Waals surface area (Å²) in [7, 11) is 0. The Labute approximate surface area is 114 Å². The van der Waals surface area contributed by atoms with Crippen LogP contribution in [0, 0.1) is 5.92 Å². The summed E-state index contributed by atoms with van der Waals surface area (Å²) in [5, 5.41) is 8.92. The van der Waals surface area contributed by atoms with Crippen LogP contribution in [0.3, 0.4) is 0 Å². The first-order chi connectivity index (χ1) is 8.81. The van der Waals surface area contributed by atoms with Crippen molar-refractivity contribution in [2.24, 2.45) is 5.92 Å². The summed E-state index contributed by atoms with van der Waals surface area (Å²) in [6.45, 7) is 8.96. The third-order valence-electron chi connectivity index (χ3n) is 3.04. The van der Waals surface area contributed by atoms with Crippen molar-refractivity contribution in [3.8, 4) is 0 Å². The van der Waals surface area contributed by atoms with Crippen molar-refractivity contribution in [1.82, 2.24) is 9.80 Å². The Hall–Kier alpha value is -1.30. The lowest BCUT2D eigenvalue weighted by atomic mass is 10.2. The quantitative estimate of drug-likeness (QED) is 0.836. The van der Waals surface area contributed by atoms with Crippen LogP contribution < -0.4 is 0 Å². The molecule has 0 aromatic heterocycles. The van der Waals surface area contributed by atoms with Crippen molar-refractivity contribution in [2.75, 3.05) is 26.2 Å². The molecule has 1 N–H and O–H groups in total. The van der Waals surface area contributed by atoms with Crippen LogP contribution in [0.1, 0.15) is 27.7 Å². The molecule has 0 aromatic rings. The number of carboxylic acids is 1. The summed E-state index contributed by atoms with van der Waals surface area (Å²) in [4.78, 5) is 26.5. The second-order valence-corrected chi connectivity index (χ2v) is 5.60. The van der Waals surface area contributed by atoms with Crippen LogP contribution in [0.4, 0.5) is 4.79 Å². The number of aliphatic carboxylic acids is 1. The highest BCUT2D eigenvalue weighted by Crippen LogP contribution is 2.14. The van der Waals surface area contributed by atoms with Gasteiger partial charge in [0, 0.05) is 13.1 Å². The van der Waals surface area contributed by atoms with Gasteiger partial charge in [-0.25, -0.2) is 4.79 Å². The van der Waals surface area contributed by atoms with E-state index in [-0.39, 0.29) is 30.6 Å². The van der Waals surface area contributed by atoms with E-state index in [4.69, 9.17) is 9.84 Å². The number of carbonyl (C=O) groups excluding carboxylic acids is 1. The fraction of sp³-hybridized carbons (Fsp3) is 0.846. The average Bonchev–Trinajstić information content (AvgIpc) is 2.29. The Kier molecular flexibility index (Phi) is 5.60. The van der Waals surface area contributed by atoms with Crippen molar-refractivity contribution in [2.45, 2.75) is 39.8 Å². The molecule has 2 amide bonds. The van der Waals surface area contributed by atoms with Crippen LogP contribution in [-0.4, -0.2) is 65.3 Å².